The lowest BCUT2D eigenvalue weighted by Gasteiger charge is -2.35. The monoisotopic (exact) mass is 1290 g/mol. The molecule has 2 aromatic rings. The minimum Gasteiger partial charge on any atom is -0.508 e. The second-order valence-corrected chi connectivity index (χ2v) is 27.2. The molecule has 0 aliphatic carbocycles. The van der Waals surface area contributed by atoms with Gasteiger partial charge in [0, 0.05) is 120 Å². The van der Waals surface area contributed by atoms with Crippen LogP contribution in [0.25, 0.3) is 0 Å². The zero-order valence-electron chi connectivity index (χ0n) is 50.6. The number of aliphatic carboxylic acids is 2. The van der Waals surface area contributed by atoms with E-state index < -0.39 is 127 Å². The molecular formula is C61H88ClN9O15S2. The number of amides is 5. The molecule has 9 N–H and O–H groups in total. The predicted octanol–water partition coefficient (Wildman–Crippen LogP) is 2.22. The third-order valence-corrected chi connectivity index (χ3v) is 19.3. The molecule has 6 rings (SSSR count). The number of halogens is 1. The molecule has 88 heavy (non-hydrogen) atoms. The number of Topliss-reactive ketones (excluding diaryl/α,β-unsaturated/α-hetero) is 3. The molecular weight excluding hydrogens is 1200 g/mol. The SMILES string of the molecule is CC(C)C[C@@H]1CC(=O)CNC(=O)[C@H](Cc2ccc(O)c(Cl)c2)CC(=O)[C@@H]2C[C@@H](O)CN2C(=O)[C@@H](NC(=O)[C@@H](CCC(=O)O)CC(=O)[C@H](Cc2ccc(O)cc2)NC(=O)CN2CCCN3CCN(CCCN(CC(=O)O)CC3)CC2)CSSC[C@@H](C)NC1=O. The van der Waals surface area contributed by atoms with Crippen LogP contribution >= 0.6 is 33.2 Å². The number of hydrogen-bond donors (Lipinski definition) is 9. The number of aliphatic hydroxyl groups is 1. The van der Waals surface area contributed by atoms with E-state index in [-0.39, 0.29) is 85.8 Å². The molecule has 4 saturated heterocycles. The largest absolute Gasteiger partial charge is 0.508 e. The number of phenols is 2. The molecule has 4 aliphatic heterocycles. The molecule has 486 valence electrons. The summed E-state index contributed by atoms with van der Waals surface area (Å²) in [7, 11) is 2.43. The Hall–Kier alpha value is -5.87. The van der Waals surface area contributed by atoms with Gasteiger partial charge in [0.15, 0.2) is 17.3 Å². The highest BCUT2D eigenvalue weighted by Crippen LogP contribution is 2.30. The number of fused-ring (bicyclic) bond motifs is 4. The van der Waals surface area contributed by atoms with E-state index in [0.717, 1.165) is 54.7 Å². The topological polar surface area (TPSA) is 336 Å². The van der Waals surface area contributed by atoms with Crippen LogP contribution in [-0.2, 0) is 60.8 Å². The molecule has 4 fully saturated rings. The fraction of sp³-hybridized carbons (Fsp3) is 0.639. The van der Waals surface area contributed by atoms with E-state index >= 15 is 4.79 Å². The van der Waals surface area contributed by atoms with Crippen molar-refractivity contribution < 1.29 is 73.5 Å². The van der Waals surface area contributed by atoms with Gasteiger partial charge in [0.2, 0.25) is 29.5 Å². The Kier molecular flexibility index (Phi) is 28.7. The number of aliphatic hydroxyl groups excluding tert-OH is 1. The van der Waals surface area contributed by atoms with Crippen LogP contribution in [0.15, 0.2) is 42.5 Å². The molecule has 0 spiro atoms. The second kappa shape index (κ2) is 35.5. The van der Waals surface area contributed by atoms with Gasteiger partial charge in [-0.05, 0) is 106 Å². The van der Waals surface area contributed by atoms with Crippen molar-refractivity contribution in [1.29, 1.82) is 0 Å². The number of carboxylic acids is 2. The van der Waals surface area contributed by atoms with Gasteiger partial charge in [-0.25, -0.2) is 0 Å². The van der Waals surface area contributed by atoms with Crippen molar-refractivity contribution in [1.82, 2.24) is 45.8 Å². The number of phenolic OH excluding ortho intramolecular Hbond substituents is 2. The maximum atomic E-state index is 15.0. The van der Waals surface area contributed by atoms with E-state index in [1.807, 2.05) is 23.6 Å². The van der Waals surface area contributed by atoms with E-state index in [2.05, 4.69) is 31.1 Å². The zero-order chi connectivity index (χ0) is 64.0. The van der Waals surface area contributed by atoms with Gasteiger partial charge >= 0.3 is 11.9 Å². The van der Waals surface area contributed by atoms with E-state index in [1.54, 1.807) is 19.1 Å². The molecule has 5 amide bonds. The minimum absolute atomic E-state index is 0.0112. The Morgan fingerprint density at radius 3 is 2.03 bits per heavy atom. The number of nitrogens with zero attached hydrogens (tertiary/aromatic N) is 5. The van der Waals surface area contributed by atoms with Gasteiger partial charge < -0.3 is 61.5 Å². The molecule has 0 aromatic heterocycles. The highest BCUT2D eigenvalue weighted by Gasteiger charge is 2.43. The number of ketones is 3. The number of carbonyl (C=O) groups excluding carboxylic acids is 8. The van der Waals surface area contributed by atoms with Gasteiger partial charge in [0.1, 0.15) is 17.5 Å². The first-order chi connectivity index (χ1) is 41.9. The predicted molar refractivity (Wildman–Crippen MR) is 332 cm³/mol. The fourth-order valence-electron chi connectivity index (χ4n) is 11.7. The molecule has 4 heterocycles. The molecule has 2 bridgehead atoms. The first-order valence-electron chi connectivity index (χ1n) is 30.5. The van der Waals surface area contributed by atoms with Crippen LogP contribution in [0.5, 0.6) is 11.5 Å². The number of carboxylic acid groups (broad SMARTS) is 2. The van der Waals surface area contributed by atoms with E-state index in [9.17, 15) is 68.7 Å². The Morgan fingerprint density at radius 2 is 1.40 bits per heavy atom. The lowest BCUT2D eigenvalue weighted by atomic mass is 9.90. The maximum absolute atomic E-state index is 15.0. The van der Waals surface area contributed by atoms with Gasteiger partial charge in [-0.3, -0.25) is 57.7 Å². The second-order valence-electron chi connectivity index (χ2n) is 24.2. The van der Waals surface area contributed by atoms with Crippen LogP contribution in [0.4, 0.5) is 0 Å². The molecule has 2 aromatic carbocycles. The van der Waals surface area contributed by atoms with Crippen LogP contribution in [-0.4, -0.2) is 242 Å². The maximum Gasteiger partial charge on any atom is 0.317 e. The summed E-state index contributed by atoms with van der Waals surface area (Å²) in [5, 5.41) is 62.1. The Bertz CT molecular complexity index is 2750. The summed E-state index contributed by atoms with van der Waals surface area (Å²) in [4.78, 5) is 148. The number of aromatic hydroxyl groups is 2. The van der Waals surface area contributed by atoms with Gasteiger partial charge in [-0.1, -0.05) is 65.2 Å². The Morgan fingerprint density at radius 1 is 0.761 bits per heavy atom. The number of benzene rings is 2. The van der Waals surface area contributed by atoms with Crippen molar-refractivity contribution in [2.75, 3.05) is 103 Å². The van der Waals surface area contributed by atoms with Crippen molar-refractivity contribution >= 4 is 92.0 Å². The molecule has 4 aliphatic rings. The van der Waals surface area contributed by atoms with Crippen LogP contribution in [0.2, 0.25) is 5.02 Å². The number of nitrogens with one attached hydrogen (secondary N) is 4. The third-order valence-electron chi connectivity index (χ3n) is 16.4. The van der Waals surface area contributed by atoms with Gasteiger partial charge in [0.25, 0.3) is 0 Å². The van der Waals surface area contributed by atoms with E-state index in [1.165, 1.54) is 41.1 Å². The summed E-state index contributed by atoms with van der Waals surface area (Å²) < 4.78 is 0. The van der Waals surface area contributed by atoms with Gasteiger partial charge in [-0.15, -0.1) is 0 Å². The lowest BCUT2D eigenvalue weighted by Crippen LogP contribution is -2.54. The molecule has 0 saturated carbocycles. The van der Waals surface area contributed by atoms with Crippen LogP contribution in [0.3, 0.4) is 0 Å². The highest BCUT2D eigenvalue weighted by atomic mass is 35.5. The Balaban J connectivity index is 1.24. The normalized spacial score (nSPS) is 25.6. The smallest absolute Gasteiger partial charge is 0.317 e. The number of carbonyl (C=O) groups is 10. The molecule has 2 unspecified atom stereocenters. The first-order valence-corrected chi connectivity index (χ1v) is 33.3. The van der Waals surface area contributed by atoms with Crippen molar-refractivity contribution in [3.63, 3.8) is 0 Å². The summed E-state index contributed by atoms with van der Waals surface area (Å²) in [5.74, 6) is -10.2. The van der Waals surface area contributed by atoms with Crippen molar-refractivity contribution in [2.45, 2.75) is 122 Å². The summed E-state index contributed by atoms with van der Waals surface area (Å²) in [6.45, 7) is 11.5. The van der Waals surface area contributed by atoms with Crippen molar-refractivity contribution in [3.8, 4) is 11.5 Å². The van der Waals surface area contributed by atoms with Crippen LogP contribution in [0.1, 0.15) is 89.7 Å². The average molecular weight is 1290 g/mol. The quantitative estimate of drug-likeness (QED) is 0.0911. The average Bonchev–Trinajstić information content (AvgIpc) is 4.12. The summed E-state index contributed by atoms with van der Waals surface area (Å²) >= 11 is 6.24. The van der Waals surface area contributed by atoms with Crippen molar-refractivity contribution in [3.05, 3.63) is 58.6 Å². The van der Waals surface area contributed by atoms with Crippen LogP contribution in [0, 0.1) is 23.7 Å². The van der Waals surface area contributed by atoms with E-state index in [4.69, 9.17) is 11.6 Å². The minimum atomic E-state index is -1.43. The third kappa shape index (κ3) is 23.8. The fourth-order valence-corrected chi connectivity index (χ4v) is 14.3. The summed E-state index contributed by atoms with van der Waals surface area (Å²) in [6.07, 6.45) is -1.81. The summed E-state index contributed by atoms with van der Waals surface area (Å²) in [6, 6.07) is 5.94. The van der Waals surface area contributed by atoms with Crippen LogP contribution < -0.4 is 21.3 Å². The number of hydrogen-bond acceptors (Lipinski definition) is 19. The zero-order valence-corrected chi connectivity index (χ0v) is 53.0. The molecule has 10 atom stereocenters. The lowest BCUT2D eigenvalue weighted by molar-refractivity contribution is -0.142. The Labute approximate surface area is 527 Å². The standard InChI is InChI=1S/C61H88ClN9O15S2/c1-38(2)24-43-28-46(73)32-63-58(83)44(25-41-8-12-52(75)48(62)26-41)30-54(77)51-31-47(74)33-71(51)61(86)50(37-88-87-36-39(3)64-60(43)85)66-59(84)42(9-13-56(79)80)29-53(76)49(27-40-6-10-45(72)11-7-40)65-55(78)34-69-16-4-14-68-19-18-67(20-22-69)15-5-17-70(23-21-68)35-57(81)82/h6-8,10-12,26,38-39,42-44,47,49-51,72,74-75H,4-5,9,13-25,27-37H2,1-3H3,(H,63,83)(H,64,85)(H,65,78)(H,66,84)(H,79,80)(H,81,82)/t39-,42+,43-,44-,47-,49+,50+,51+/m1/s1. The summed E-state index contributed by atoms with van der Waals surface area (Å²) in [5.41, 5.74) is 1.03. The van der Waals surface area contributed by atoms with Gasteiger partial charge in [0.05, 0.1) is 42.8 Å². The molecule has 0 radical (unpaired) electrons. The number of rotatable bonds is 19. The highest BCUT2D eigenvalue weighted by molar-refractivity contribution is 8.76. The molecule has 24 nitrogen and oxygen atoms in total. The first kappa shape index (κ1) is 71.2. The van der Waals surface area contributed by atoms with Crippen molar-refractivity contribution in [2.24, 2.45) is 23.7 Å². The molecule has 27 heteroatoms. The van der Waals surface area contributed by atoms with E-state index in [0.29, 0.717) is 62.6 Å². The van der Waals surface area contributed by atoms with Gasteiger partial charge in [-0.2, -0.15) is 0 Å².